The van der Waals surface area contributed by atoms with E-state index in [0.29, 0.717) is 17.8 Å². The number of hydrogen-bond acceptors (Lipinski definition) is 3. The summed E-state index contributed by atoms with van der Waals surface area (Å²) in [5.74, 6) is 0.513. The van der Waals surface area contributed by atoms with Gasteiger partial charge >= 0.3 is 0 Å². The van der Waals surface area contributed by atoms with Crippen molar-refractivity contribution in [3.05, 3.63) is 53.3 Å². The molecule has 0 aliphatic carbocycles. The summed E-state index contributed by atoms with van der Waals surface area (Å²) in [7, 11) is 1.52. The summed E-state index contributed by atoms with van der Waals surface area (Å²) >= 11 is 0. The van der Waals surface area contributed by atoms with Crippen molar-refractivity contribution in [1.82, 2.24) is 0 Å². The smallest absolute Gasteiger partial charge is 0.169 e. The molecule has 3 nitrogen and oxygen atoms in total. The van der Waals surface area contributed by atoms with Crippen molar-refractivity contribution in [2.75, 3.05) is 7.11 Å². The van der Waals surface area contributed by atoms with Crippen LogP contribution in [-0.4, -0.2) is 13.4 Å². The first kappa shape index (κ1) is 13.1. The summed E-state index contributed by atoms with van der Waals surface area (Å²) in [6.07, 6.45) is 0.436. The van der Waals surface area contributed by atoms with Crippen LogP contribution < -0.4 is 9.47 Å². The Morgan fingerprint density at radius 1 is 1.11 bits per heavy atom. The molecule has 0 aliphatic rings. The van der Waals surface area contributed by atoms with Gasteiger partial charge in [0, 0.05) is 0 Å². The molecule has 2 aromatic carbocycles. The van der Waals surface area contributed by atoms with Crippen LogP contribution >= 0.6 is 0 Å². The van der Waals surface area contributed by atoms with Gasteiger partial charge in [0.05, 0.1) is 12.7 Å². The second kappa shape index (κ2) is 5.52. The Morgan fingerprint density at radius 2 is 1.89 bits per heavy atom. The van der Waals surface area contributed by atoms with Gasteiger partial charge in [-0.2, -0.15) is 0 Å². The largest absolute Gasteiger partial charge is 0.493 e. The summed E-state index contributed by atoms with van der Waals surface area (Å²) in [6, 6.07) is 9.59. The Balaban J connectivity index is 2.41. The second-order valence-electron chi connectivity index (χ2n) is 4.03. The molecule has 0 bridgehead atoms. The molecular formula is C15H13FO3. The van der Waals surface area contributed by atoms with Crippen LogP contribution in [0.15, 0.2) is 36.4 Å². The highest BCUT2D eigenvalue weighted by molar-refractivity contribution is 5.80. The van der Waals surface area contributed by atoms with E-state index in [-0.39, 0.29) is 11.3 Å². The van der Waals surface area contributed by atoms with Gasteiger partial charge in [-0.15, -0.1) is 0 Å². The fraction of sp³-hybridized carbons (Fsp3) is 0.133. The Hall–Kier alpha value is -2.36. The number of carbonyl (C=O) groups excluding carboxylic acids is 1. The first-order valence-corrected chi connectivity index (χ1v) is 5.72. The third-order valence-electron chi connectivity index (χ3n) is 2.67. The van der Waals surface area contributed by atoms with E-state index in [0.717, 1.165) is 5.56 Å². The van der Waals surface area contributed by atoms with Crippen molar-refractivity contribution in [2.24, 2.45) is 0 Å². The number of ether oxygens (including phenoxy) is 2. The SMILES string of the molecule is COc1cc(C)ccc1Oc1cccc(F)c1C=O. The lowest BCUT2D eigenvalue weighted by atomic mass is 10.2. The van der Waals surface area contributed by atoms with Crippen LogP contribution in [0, 0.1) is 12.7 Å². The van der Waals surface area contributed by atoms with Crippen LogP contribution in [0.4, 0.5) is 4.39 Å². The maximum atomic E-state index is 13.5. The predicted octanol–water partition coefficient (Wildman–Crippen LogP) is 3.75. The summed E-state index contributed by atoms with van der Waals surface area (Å²) in [4.78, 5) is 10.9. The molecule has 0 fully saturated rings. The average Bonchev–Trinajstić information content (AvgIpc) is 2.41. The zero-order valence-electron chi connectivity index (χ0n) is 10.6. The highest BCUT2D eigenvalue weighted by Gasteiger charge is 2.12. The Bertz CT molecular complexity index is 608. The van der Waals surface area contributed by atoms with Gasteiger partial charge in [-0.3, -0.25) is 4.79 Å². The minimum Gasteiger partial charge on any atom is -0.493 e. The number of carbonyl (C=O) groups is 1. The zero-order valence-corrected chi connectivity index (χ0v) is 10.6. The van der Waals surface area contributed by atoms with Crippen LogP contribution in [0.3, 0.4) is 0 Å². The maximum Gasteiger partial charge on any atom is 0.169 e. The van der Waals surface area contributed by atoms with Gasteiger partial charge in [0.1, 0.15) is 11.6 Å². The fourth-order valence-electron chi connectivity index (χ4n) is 1.70. The average molecular weight is 260 g/mol. The number of aryl methyl sites for hydroxylation is 1. The Morgan fingerprint density at radius 3 is 2.58 bits per heavy atom. The van der Waals surface area contributed by atoms with E-state index < -0.39 is 5.82 Å². The monoisotopic (exact) mass is 260 g/mol. The molecule has 0 spiro atoms. The van der Waals surface area contributed by atoms with Gasteiger partial charge in [0.25, 0.3) is 0 Å². The number of hydrogen-bond donors (Lipinski definition) is 0. The fourth-order valence-corrected chi connectivity index (χ4v) is 1.70. The van der Waals surface area contributed by atoms with E-state index in [9.17, 15) is 9.18 Å². The lowest BCUT2D eigenvalue weighted by molar-refractivity contribution is 0.111. The summed E-state index contributed by atoms with van der Waals surface area (Å²) in [6.45, 7) is 1.92. The number of methoxy groups -OCH3 is 1. The quantitative estimate of drug-likeness (QED) is 0.785. The Kier molecular flexibility index (Phi) is 3.80. The first-order chi connectivity index (χ1) is 9.15. The topological polar surface area (TPSA) is 35.5 Å². The molecule has 0 unspecified atom stereocenters. The lowest BCUT2D eigenvalue weighted by Gasteiger charge is -2.12. The molecule has 2 aromatic rings. The maximum absolute atomic E-state index is 13.5. The van der Waals surface area contributed by atoms with Crippen LogP contribution in [0.5, 0.6) is 17.2 Å². The van der Waals surface area contributed by atoms with Crippen molar-refractivity contribution < 1.29 is 18.7 Å². The molecule has 0 saturated carbocycles. The molecule has 0 N–H and O–H groups in total. The first-order valence-electron chi connectivity index (χ1n) is 5.72. The minimum atomic E-state index is -0.612. The normalized spacial score (nSPS) is 10.1. The number of rotatable bonds is 4. The zero-order chi connectivity index (χ0) is 13.8. The lowest BCUT2D eigenvalue weighted by Crippen LogP contribution is -1.96. The third kappa shape index (κ3) is 2.73. The molecule has 19 heavy (non-hydrogen) atoms. The van der Waals surface area contributed by atoms with E-state index in [4.69, 9.17) is 9.47 Å². The third-order valence-corrected chi connectivity index (χ3v) is 2.67. The molecule has 2 rings (SSSR count). The molecule has 0 aliphatic heterocycles. The van der Waals surface area contributed by atoms with E-state index in [2.05, 4.69) is 0 Å². The van der Waals surface area contributed by atoms with Crippen molar-refractivity contribution in [2.45, 2.75) is 6.92 Å². The Labute approximate surface area is 110 Å². The summed E-state index contributed by atoms with van der Waals surface area (Å²) in [5.41, 5.74) is 0.907. The molecule has 0 atom stereocenters. The summed E-state index contributed by atoms with van der Waals surface area (Å²) in [5, 5.41) is 0. The minimum absolute atomic E-state index is 0.106. The molecule has 0 radical (unpaired) electrons. The number of benzene rings is 2. The van der Waals surface area contributed by atoms with Gasteiger partial charge in [-0.1, -0.05) is 12.1 Å². The summed E-state index contributed by atoms with van der Waals surface area (Å²) < 4.78 is 24.2. The predicted molar refractivity (Wildman–Crippen MR) is 69.6 cm³/mol. The molecule has 0 heterocycles. The molecular weight excluding hydrogens is 247 g/mol. The van der Waals surface area contributed by atoms with Crippen molar-refractivity contribution in [1.29, 1.82) is 0 Å². The van der Waals surface area contributed by atoms with Gasteiger partial charge in [0.2, 0.25) is 0 Å². The van der Waals surface area contributed by atoms with Gasteiger partial charge in [-0.05, 0) is 36.8 Å². The highest BCUT2D eigenvalue weighted by Crippen LogP contribution is 2.33. The molecule has 0 aromatic heterocycles. The van der Waals surface area contributed by atoms with Crippen LogP contribution in [-0.2, 0) is 0 Å². The van der Waals surface area contributed by atoms with Crippen LogP contribution in [0.2, 0.25) is 0 Å². The number of halogens is 1. The van der Waals surface area contributed by atoms with Crippen LogP contribution in [0.25, 0.3) is 0 Å². The standard InChI is InChI=1S/C15H13FO3/c1-10-6-7-14(15(8-10)18-2)19-13-5-3-4-12(16)11(13)9-17/h3-9H,1-2H3. The van der Waals surface area contributed by atoms with Gasteiger partial charge < -0.3 is 9.47 Å². The van der Waals surface area contributed by atoms with E-state index in [1.54, 1.807) is 12.1 Å². The van der Waals surface area contributed by atoms with Crippen molar-refractivity contribution in [3.63, 3.8) is 0 Å². The molecule has 0 amide bonds. The highest BCUT2D eigenvalue weighted by atomic mass is 19.1. The molecule has 98 valence electrons. The van der Waals surface area contributed by atoms with E-state index in [1.807, 2.05) is 13.0 Å². The van der Waals surface area contributed by atoms with Gasteiger partial charge in [-0.25, -0.2) is 4.39 Å². The van der Waals surface area contributed by atoms with Crippen molar-refractivity contribution in [3.8, 4) is 17.2 Å². The van der Waals surface area contributed by atoms with Crippen molar-refractivity contribution >= 4 is 6.29 Å². The van der Waals surface area contributed by atoms with E-state index >= 15 is 0 Å². The molecule has 0 saturated heterocycles. The molecule has 4 heteroatoms. The van der Waals surface area contributed by atoms with Crippen LogP contribution in [0.1, 0.15) is 15.9 Å². The second-order valence-corrected chi connectivity index (χ2v) is 4.03. The van der Waals surface area contributed by atoms with Gasteiger partial charge in [0.15, 0.2) is 17.8 Å². The number of aldehydes is 1. The van der Waals surface area contributed by atoms with E-state index in [1.165, 1.54) is 25.3 Å².